The molecule has 5 nitrogen and oxygen atoms in total. The SMILES string of the molecule is COc1ccc(CCN2C(=O)CCC2c2c(-c3ccc(C)cc3)[nH]c3ccccc23)cc1OC. The molecule has 0 spiro atoms. The highest BCUT2D eigenvalue weighted by molar-refractivity contribution is 5.92. The van der Waals surface area contributed by atoms with Gasteiger partial charge in [0.2, 0.25) is 5.91 Å². The van der Waals surface area contributed by atoms with Crippen LogP contribution in [-0.4, -0.2) is 36.6 Å². The van der Waals surface area contributed by atoms with E-state index in [2.05, 4.69) is 65.3 Å². The fourth-order valence-corrected chi connectivity index (χ4v) is 5.06. The molecule has 1 unspecified atom stereocenters. The van der Waals surface area contributed by atoms with Crippen LogP contribution in [0.5, 0.6) is 11.5 Å². The Kier molecular flexibility index (Phi) is 6.01. The minimum absolute atomic E-state index is 0.0418. The number of rotatable bonds is 7. The van der Waals surface area contributed by atoms with Gasteiger partial charge in [-0.3, -0.25) is 4.79 Å². The zero-order valence-electron chi connectivity index (χ0n) is 19.9. The molecule has 1 aliphatic heterocycles. The van der Waals surface area contributed by atoms with E-state index in [1.54, 1.807) is 14.2 Å². The molecular weight excluding hydrogens is 424 g/mol. The van der Waals surface area contributed by atoms with E-state index in [0.717, 1.165) is 35.2 Å². The van der Waals surface area contributed by atoms with Gasteiger partial charge in [-0.1, -0.05) is 54.1 Å². The maximum Gasteiger partial charge on any atom is 0.223 e. The number of aromatic amines is 1. The standard InChI is InChI=1S/C29H30N2O3/c1-19-8-11-21(12-9-19)29-28(22-6-4-5-7-23(22)30-29)24-13-15-27(32)31(24)17-16-20-10-14-25(33-2)26(18-20)34-3/h4-12,14,18,24,30H,13,15-17H2,1-3H3. The molecule has 0 bridgehead atoms. The lowest BCUT2D eigenvalue weighted by molar-refractivity contribution is -0.129. The molecule has 3 aromatic carbocycles. The van der Waals surface area contributed by atoms with Gasteiger partial charge in [0.1, 0.15) is 0 Å². The van der Waals surface area contributed by atoms with Gasteiger partial charge in [-0.15, -0.1) is 0 Å². The van der Waals surface area contributed by atoms with Gasteiger partial charge in [0.25, 0.3) is 0 Å². The summed E-state index contributed by atoms with van der Waals surface area (Å²) in [5.41, 5.74) is 6.93. The molecule has 1 aromatic heterocycles. The Labute approximate surface area is 200 Å². The van der Waals surface area contributed by atoms with Crippen molar-refractivity contribution in [3.05, 3.63) is 83.4 Å². The van der Waals surface area contributed by atoms with E-state index in [4.69, 9.17) is 9.47 Å². The molecule has 174 valence electrons. The van der Waals surface area contributed by atoms with Crippen molar-refractivity contribution < 1.29 is 14.3 Å². The second-order valence-corrected chi connectivity index (χ2v) is 8.91. The van der Waals surface area contributed by atoms with Crippen LogP contribution >= 0.6 is 0 Å². The normalized spacial score (nSPS) is 15.8. The van der Waals surface area contributed by atoms with Gasteiger partial charge in [-0.2, -0.15) is 0 Å². The van der Waals surface area contributed by atoms with Crippen LogP contribution < -0.4 is 9.47 Å². The summed E-state index contributed by atoms with van der Waals surface area (Å²) in [6.07, 6.45) is 2.15. The van der Waals surface area contributed by atoms with Gasteiger partial charge in [-0.05, 0) is 49.1 Å². The first-order valence-electron chi connectivity index (χ1n) is 11.8. The molecule has 1 amide bonds. The third kappa shape index (κ3) is 4.03. The quantitative estimate of drug-likeness (QED) is 0.369. The first-order valence-corrected chi connectivity index (χ1v) is 11.8. The van der Waals surface area contributed by atoms with Crippen LogP contribution in [0.1, 0.15) is 35.6 Å². The van der Waals surface area contributed by atoms with Gasteiger partial charge in [-0.25, -0.2) is 0 Å². The summed E-state index contributed by atoms with van der Waals surface area (Å²) in [5, 5.41) is 1.19. The smallest absolute Gasteiger partial charge is 0.223 e. The number of carbonyl (C=O) groups is 1. The summed E-state index contributed by atoms with van der Waals surface area (Å²) in [6.45, 7) is 2.76. The Morgan fingerprint density at radius 3 is 2.50 bits per heavy atom. The third-order valence-corrected chi connectivity index (χ3v) is 6.84. The molecule has 1 atom stereocenters. The van der Waals surface area contributed by atoms with Crippen molar-refractivity contribution in [2.75, 3.05) is 20.8 Å². The minimum Gasteiger partial charge on any atom is -0.493 e. The average Bonchev–Trinajstić information content (AvgIpc) is 3.42. The van der Waals surface area contributed by atoms with E-state index in [1.165, 1.54) is 16.5 Å². The molecule has 1 N–H and O–H groups in total. The highest BCUT2D eigenvalue weighted by atomic mass is 16.5. The number of H-pyrrole nitrogens is 1. The molecule has 5 heteroatoms. The lowest BCUT2D eigenvalue weighted by atomic mass is 9.96. The van der Waals surface area contributed by atoms with Crippen molar-refractivity contribution in [2.45, 2.75) is 32.2 Å². The van der Waals surface area contributed by atoms with E-state index >= 15 is 0 Å². The van der Waals surface area contributed by atoms with Crippen LogP contribution in [0.3, 0.4) is 0 Å². The number of aryl methyl sites for hydroxylation is 1. The number of hydrogen-bond donors (Lipinski definition) is 1. The maximum atomic E-state index is 13.0. The first kappa shape index (κ1) is 22.1. The highest BCUT2D eigenvalue weighted by Crippen LogP contribution is 2.42. The van der Waals surface area contributed by atoms with Crippen molar-refractivity contribution in [1.29, 1.82) is 0 Å². The molecule has 1 saturated heterocycles. The fourth-order valence-electron chi connectivity index (χ4n) is 5.06. The maximum absolute atomic E-state index is 13.0. The summed E-state index contributed by atoms with van der Waals surface area (Å²) in [6, 6.07) is 23.0. The van der Waals surface area contributed by atoms with E-state index < -0.39 is 0 Å². The number of benzene rings is 3. The first-order chi connectivity index (χ1) is 16.6. The summed E-state index contributed by atoms with van der Waals surface area (Å²) in [4.78, 5) is 18.7. The third-order valence-electron chi connectivity index (χ3n) is 6.84. The Hall–Kier alpha value is -3.73. The summed E-state index contributed by atoms with van der Waals surface area (Å²) in [5.74, 6) is 1.64. The van der Waals surface area contributed by atoms with Crippen molar-refractivity contribution in [2.24, 2.45) is 0 Å². The summed E-state index contributed by atoms with van der Waals surface area (Å²) in [7, 11) is 3.28. The average molecular weight is 455 g/mol. The second-order valence-electron chi connectivity index (χ2n) is 8.91. The van der Waals surface area contributed by atoms with Crippen LogP contribution in [0, 0.1) is 6.92 Å². The predicted octanol–water partition coefficient (Wildman–Crippen LogP) is 6.07. The van der Waals surface area contributed by atoms with E-state index in [1.807, 2.05) is 18.2 Å². The number of nitrogens with one attached hydrogen (secondary N) is 1. The Morgan fingerprint density at radius 1 is 0.971 bits per heavy atom. The summed E-state index contributed by atoms with van der Waals surface area (Å²) < 4.78 is 10.8. The lowest BCUT2D eigenvalue weighted by Crippen LogP contribution is -2.30. The molecule has 4 aromatic rings. The van der Waals surface area contributed by atoms with Crippen LogP contribution in [0.4, 0.5) is 0 Å². The number of amides is 1. The molecule has 5 rings (SSSR count). The Morgan fingerprint density at radius 2 is 1.74 bits per heavy atom. The van der Waals surface area contributed by atoms with Crippen LogP contribution in [-0.2, 0) is 11.2 Å². The molecule has 0 saturated carbocycles. The fraction of sp³-hybridized carbons (Fsp3) is 0.276. The van der Waals surface area contributed by atoms with Crippen molar-refractivity contribution in [3.8, 4) is 22.8 Å². The monoisotopic (exact) mass is 454 g/mol. The predicted molar refractivity (Wildman–Crippen MR) is 135 cm³/mol. The van der Waals surface area contributed by atoms with Crippen LogP contribution in [0.2, 0.25) is 0 Å². The van der Waals surface area contributed by atoms with E-state index in [0.29, 0.717) is 24.5 Å². The number of hydrogen-bond acceptors (Lipinski definition) is 3. The number of carbonyl (C=O) groups excluding carboxylic acids is 1. The van der Waals surface area contributed by atoms with E-state index in [-0.39, 0.29) is 11.9 Å². The molecule has 1 fully saturated rings. The minimum atomic E-state index is 0.0418. The number of likely N-dealkylation sites (tertiary alicyclic amines) is 1. The molecule has 1 aliphatic rings. The lowest BCUT2D eigenvalue weighted by Gasteiger charge is -2.26. The van der Waals surface area contributed by atoms with Crippen LogP contribution in [0.25, 0.3) is 22.2 Å². The molecule has 0 radical (unpaired) electrons. The van der Waals surface area contributed by atoms with Crippen molar-refractivity contribution in [1.82, 2.24) is 9.88 Å². The van der Waals surface area contributed by atoms with Gasteiger partial charge in [0, 0.05) is 29.4 Å². The van der Waals surface area contributed by atoms with Gasteiger partial charge in [0.15, 0.2) is 11.5 Å². The molecule has 0 aliphatic carbocycles. The number of ether oxygens (including phenoxy) is 2. The van der Waals surface area contributed by atoms with E-state index in [9.17, 15) is 4.79 Å². The van der Waals surface area contributed by atoms with Crippen molar-refractivity contribution in [3.63, 3.8) is 0 Å². The number of aromatic nitrogens is 1. The van der Waals surface area contributed by atoms with Crippen LogP contribution in [0.15, 0.2) is 66.7 Å². The number of para-hydroxylation sites is 1. The zero-order chi connectivity index (χ0) is 23.7. The second kappa shape index (κ2) is 9.26. The molecular formula is C29H30N2O3. The Balaban J connectivity index is 1.49. The number of methoxy groups -OCH3 is 2. The topological polar surface area (TPSA) is 54.6 Å². The Bertz CT molecular complexity index is 1320. The number of nitrogens with zero attached hydrogens (tertiary/aromatic N) is 1. The summed E-state index contributed by atoms with van der Waals surface area (Å²) >= 11 is 0. The van der Waals surface area contributed by atoms with Crippen molar-refractivity contribution >= 4 is 16.8 Å². The zero-order valence-corrected chi connectivity index (χ0v) is 19.9. The van der Waals surface area contributed by atoms with Gasteiger partial charge in [0.05, 0.1) is 26.0 Å². The number of fused-ring (bicyclic) bond motifs is 1. The molecule has 34 heavy (non-hydrogen) atoms. The molecule has 2 heterocycles. The van der Waals surface area contributed by atoms with Gasteiger partial charge < -0.3 is 19.4 Å². The largest absolute Gasteiger partial charge is 0.493 e. The highest BCUT2D eigenvalue weighted by Gasteiger charge is 2.35. The van der Waals surface area contributed by atoms with Gasteiger partial charge >= 0.3 is 0 Å².